The van der Waals surface area contributed by atoms with Gasteiger partial charge in [-0.15, -0.1) is 0 Å². The Hall–Kier alpha value is -2.13. The van der Waals surface area contributed by atoms with Crippen molar-refractivity contribution in [3.8, 4) is 11.5 Å². The number of hydrogen-bond acceptors (Lipinski definition) is 5. The van der Waals surface area contributed by atoms with Crippen molar-refractivity contribution in [1.29, 1.82) is 0 Å². The molecule has 102 valence electrons. The molecule has 0 aliphatic heterocycles. The Morgan fingerprint density at radius 1 is 1.30 bits per heavy atom. The SMILES string of the molecule is [O-][NH+](O)c1cnc(-c2cnc3ccc(F)cn23)nc1Cl. The predicted octanol–water partition coefficient (Wildman–Crippen LogP) is 0.987. The Bertz CT molecular complexity index is 792. The highest BCUT2D eigenvalue weighted by molar-refractivity contribution is 6.31. The molecule has 0 aliphatic rings. The first-order valence-corrected chi connectivity index (χ1v) is 5.83. The molecule has 9 heteroatoms. The average molecular weight is 296 g/mol. The van der Waals surface area contributed by atoms with Crippen LogP contribution in [-0.2, 0) is 0 Å². The first-order valence-electron chi connectivity index (χ1n) is 5.45. The van der Waals surface area contributed by atoms with Gasteiger partial charge in [-0.25, -0.2) is 24.5 Å². The van der Waals surface area contributed by atoms with E-state index < -0.39 is 11.0 Å². The van der Waals surface area contributed by atoms with Gasteiger partial charge in [0.15, 0.2) is 11.0 Å². The normalized spacial score (nSPS) is 12.8. The number of nitrogens with zero attached hydrogens (tertiary/aromatic N) is 4. The minimum absolute atomic E-state index is 0.165. The highest BCUT2D eigenvalue weighted by Gasteiger charge is 2.15. The van der Waals surface area contributed by atoms with Gasteiger partial charge in [-0.2, -0.15) is 5.23 Å². The lowest BCUT2D eigenvalue weighted by molar-refractivity contribution is -0.991. The first kappa shape index (κ1) is 12.9. The highest BCUT2D eigenvalue weighted by atomic mass is 35.5. The number of hydrogen-bond donors (Lipinski definition) is 2. The standard InChI is InChI=1S/C11H7ClFN5O2/c12-10-7(18(19)20)3-15-11(16-10)8-4-14-9-2-1-6(13)5-17(8)9/h1-5,18-19H. The zero-order valence-electron chi connectivity index (χ0n) is 9.79. The quantitative estimate of drug-likeness (QED) is 0.543. The van der Waals surface area contributed by atoms with Crippen LogP contribution in [0.3, 0.4) is 0 Å². The minimum Gasteiger partial charge on any atom is -0.595 e. The van der Waals surface area contributed by atoms with Crippen molar-refractivity contribution in [2.75, 3.05) is 0 Å². The molecular weight excluding hydrogens is 289 g/mol. The van der Waals surface area contributed by atoms with Gasteiger partial charge in [0.05, 0.1) is 12.4 Å². The molecular formula is C11H7ClFN5O2. The van der Waals surface area contributed by atoms with Crippen LogP contribution in [-0.4, -0.2) is 24.6 Å². The minimum atomic E-state index is -1.22. The summed E-state index contributed by atoms with van der Waals surface area (Å²) in [6.45, 7) is 0. The van der Waals surface area contributed by atoms with Crippen LogP contribution in [0.15, 0.2) is 30.7 Å². The second-order valence-corrected chi connectivity index (χ2v) is 4.28. The van der Waals surface area contributed by atoms with E-state index in [0.717, 1.165) is 6.20 Å². The van der Waals surface area contributed by atoms with Crippen molar-refractivity contribution < 1.29 is 14.8 Å². The average Bonchev–Trinajstić information content (AvgIpc) is 2.81. The number of rotatable bonds is 2. The Morgan fingerprint density at radius 3 is 2.80 bits per heavy atom. The monoisotopic (exact) mass is 295 g/mol. The molecule has 3 aromatic heterocycles. The van der Waals surface area contributed by atoms with Gasteiger partial charge in [-0.1, -0.05) is 11.6 Å². The molecule has 20 heavy (non-hydrogen) atoms. The predicted molar refractivity (Wildman–Crippen MR) is 67.0 cm³/mol. The number of quaternary nitrogens is 1. The molecule has 2 N–H and O–H groups in total. The van der Waals surface area contributed by atoms with Crippen LogP contribution >= 0.6 is 11.6 Å². The zero-order valence-corrected chi connectivity index (χ0v) is 10.5. The summed E-state index contributed by atoms with van der Waals surface area (Å²) in [6.07, 6.45) is 3.80. The Balaban J connectivity index is 2.16. The molecule has 3 heterocycles. The van der Waals surface area contributed by atoms with Crippen molar-refractivity contribution in [3.05, 3.63) is 46.9 Å². The summed E-state index contributed by atoms with van der Waals surface area (Å²) in [6, 6.07) is 2.79. The van der Waals surface area contributed by atoms with Gasteiger partial charge in [0.25, 0.3) is 0 Å². The summed E-state index contributed by atoms with van der Waals surface area (Å²) in [4.78, 5) is 11.9. The second kappa shape index (κ2) is 4.76. The van der Waals surface area contributed by atoms with Crippen LogP contribution in [0.1, 0.15) is 0 Å². The fourth-order valence-corrected chi connectivity index (χ4v) is 1.96. The third-order valence-electron chi connectivity index (χ3n) is 2.67. The maximum Gasteiger partial charge on any atom is 0.220 e. The molecule has 0 spiro atoms. The van der Waals surface area contributed by atoms with E-state index in [1.807, 2.05) is 0 Å². The van der Waals surface area contributed by atoms with E-state index in [1.54, 1.807) is 0 Å². The number of imidazole rings is 1. The lowest BCUT2D eigenvalue weighted by Crippen LogP contribution is -2.99. The zero-order chi connectivity index (χ0) is 14.3. The third kappa shape index (κ3) is 2.10. The van der Waals surface area contributed by atoms with E-state index in [4.69, 9.17) is 16.8 Å². The molecule has 0 aliphatic carbocycles. The fraction of sp³-hybridized carbons (Fsp3) is 0. The van der Waals surface area contributed by atoms with Crippen LogP contribution in [0.2, 0.25) is 5.15 Å². The van der Waals surface area contributed by atoms with Crippen LogP contribution < -0.4 is 5.23 Å². The molecule has 0 bridgehead atoms. The van der Waals surface area contributed by atoms with Gasteiger partial charge in [-0.3, -0.25) is 4.40 Å². The van der Waals surface area contributed by atoms with Crippen LogP contribution in [0.4, 0.5) is 10.1 Å². The lowest BCUT2D eigenvalue weighted by Gasteiger charge is -2.12. The summed E-state index contributed by atoms with van der Waals surface area (Å²) >= 11 is 5.79. The molecule has 1 atom stereocenters. The van der Waals surface area contributed by atoms with Gasteiger partial charge in [0, 0.05) is 6.20 Å². The van der Waals surface area contributed by atoms with E-state index in [9.17, 15) is 9.60 Å². The topological polar surface area (TPSA) is 90.8 Å². The molecule has 0 amide bonds. The summed E-state index contributed by atoms with van der Waals surface area (Å²) in [5.74, 6) is -0.275. The maximum absolute atomic E-state index is 13.3. The van der Waals surface area contributed by atoms with E-state index >= 15 is 0 Å². The highest BCUT2D eigenvalue weighted by Crippen LogP contribution is 2.21. The molecule has 7 nitrogen and oxygen atoms in total. The molecule has 0 aromatic carbocycles. The van der Waals surface area contributed by atoms with Crippen molar-refractivity contribution in [2.45, 2.75) is 0 Å². The van der Waals surface area contributed by atoms with Crippen molar-refractivity contribution in [3.63, 3.8) is 0 Å². The summed E-state index contributed by atoms with van der Waals surface area (Å²) in [7, 11) is 0. The van der Waals surface area contributed by atoms with Crippen LogP contribution in [0.5, 0.6) is 0 Å². The van der Waals surface area contributed by atoms with Gasteiger partial charge in [0.2, 0.25) is 5.69 Å². The maximum atomic E-state index is 13.3. The van der Waals surface area contributed by atoms with Gasteiger partial charge in [-0.05, 0) is 12.1 Å². The van der Waals surface area contributed by atoms with Crippen LogP contribution in [0.25, 0.3) is 17.2 Å². The number of fused-ring (bicyclic) bond motifs is 1. The number of halogens is 2. The first-order chi connectivity index (χ1) is 9.56. The second-order valence-electron chi connectivity index (χ2n) is 3.92. The van der Waals surface area contributed by atoms with Gasteiger partial charge < -0.3 is 5.21 Å². The van der Waals surface area contributed by atoms with Gasteiger partial charge >= 0.3 is 0 Å². The third-order valence-corrected chi connectivity index (χ3v) is 2.96. The van der Waals surface area contributed by atoms with Crippen LogP contribution in [0, 0.1) is 11.0 Å². The van der Waals surface area contributed by atoms with Gasteiger partial charge in [0.1, 0.15) is 17.2 Å². The molecule has 3 aromatic rings. The van der Waals surface area contributed by atoms with Crippen molar-refractivity contribution in [1.82, 2.24) is 19.4 Å². The molecule has 0 fully saturated rings. The van der Waals surface area contributed by atoms with E-state index in [1.165, 1.54) is 28.9 Å². The van der Waals surface area contributed by atoms with Crippen molar-refractivity contribution in [2.24, 2.45) is 0 Å². The van der Waals surface area contributed by atoms with E-state index in [2.05, 4.69) is 15.0 Å². The molecule has 0 saturated heterocycles. The van der Waals surface area contributed by atoms with E-state index in [0.29, 0.717) is 11.3 Å². The molecule has 0 saturated carbocycles. The molecule has 3 rings (SSSR count). The number of aromatic nitrogens is 4. The van der Waals surface area contributed by atoms with Crippen molar-refractivity contribution >= 4 is 22.9 Å². The Labute approximate surface area is 116 Å². The summed E-state index contributed by atoms with van der Waals surface area (Å²) in [5.41, 5.74) is 0.734. The molecule has 0 radical (unpaired) electrons. The lowest BCUT2D eigenvalue weighted by atomic mass is 10.4. The summed E-state index contributed by atoms with van der Waals surface area (Å²) < 4.78 is 14.7. The fourth-order valence-electron chi connectivity index (χ4n) is 1.75. The Morgan fingerprint density at radius 2 is 2.10 bits per heavy atom. The largest absolute Gasteiger partial charge is 0.595 e. The number of pyridine rings is 1. The molecule has 1 unspecified atom stereocenters. The number of nitrogens with one attached hydrogen (secondary N) is 1. The summed E-state index contributed by atoms with van der Waals surface area (Å²) in [5, 5.41) is 18.3. The van der Waals surface area contributed by atoms with E-state index in [-0.39, 0.29) is 16.7 Å². The smallest absolute Gasteiger partial charge is 0.220 e. The Kier molecular flexibility index (Phi) is 3.07.